The number of allylic oxidation sites excluding steroid dienone is 1. The molecule has 4 rings (SSSR count). The minimum Gasteiger partial charge on any atom is -0.438 e. The fraction of sp³-hybridized carbons (Fsp3) is 0.0500. The lowest BCUT2D eigenvalue weighted by Gasteiger charge is -2.11. The lowest BCUT2D eigenvalue weighted by atomic mass is 10.0. The van der Waals surface area contributed by atoms with Gasteiger partial charge >= 0.3 is 0 Å². The van der Waals surface area contributed by atoms with E-state index < -0.39 is 0 Å². The van der Waals surface area contributed by atoms with Crippen LogP contribution in [0.25, 0.3) is 10.8 Å². The minimum atomic E-state index is -0.0588. The zero-order valence-corrected chi connectivity index (χ0v) is 12.7. The molecular formula is C20H15NO2. The molecule has 3 aromatic carbocycles. The van der Waals surface area contributed by atoms with E-state index >= 15 is 0 Å². The number of anilines is 1. The first-order valence-electron chi connectivity index (χ1n) is 7.48. The van der Waals surface area contributed by atoms with E-state index in [0.717, 1.165) is 22.2 Å². The molecule has 0 saturated carbocycles. The highest BCUT2D eigenvalue weighted by atomic mass is 16.5. The fourth-order valence-electron chi connectivity index (χ4n) is 2.88. The van der Waals surface area contributed by atoms with Crippen molar-refractivity contribution in [2.24, 2.45) is 0 Å². The summed E-state index contributed by atoms with van der Waals surface area (Å²) >= 11 is 0. The second-order valence-electron chi connectivity index (χ2n) is 5.50. The van der Waals surface area contributed by atoms with Crippen LogP contribution in [0.15, 0.2) is 78.7 Å². The number of ketones is 1. The van der Waals surface area contributed by atoms with Gasteiger partial charge in [-0.25, -0.2) is 0 Å². The highest BCUT2D eigenvalue weighted by molar-refractivity contribution is 6.13. The van der Waals surface area contributed by atoms with Crippen LogP contribution in [0.2, 0.25) is 0 Å². The normalized spacial score (nSPS) is 14.8. The van der Waals surface area contributed by atoms with E-state index in [1.165, 1.54) is 0 Å². The van der Waals surface area contributed by atoms with Gasteiger partial charge < -0.3 is 9.64 Å². The SMILES string of the molecule is CN1C(=CC(=O)c2cccc3ccccc23)Oc2ccccc21. The first kappa shape index (κ1) is 13.6. The van der Waals surface area contributed by atoms with Gasteiger partial charge in [0, 0.05) is 18.7 Å². The van der Waals surface area contributed by atoms with E-state index in [2.05, 4.69) is 0 Å². The molecule has 1 heterocycles. The molecule has 3 aromatic rings. The third-order valence-electron chi connectivity index (χ3n) is 4.08. The number of para-hydroxylation sites is 2. The molecule has 0 atom stereocenters. The van der Waals surface area contributed by atoms with Crippen LogP contribution in [0.3, 0.4) is 0 Å². The number of carbonyl (C=O) groups excluding carboxylic acids is 1. The maximum atomic E-state index is 12.7. The summed E-state index contributed by atoms with van der Waals surface area (Å²) in [7, 11) is 1.90. The van der Waals surface area contributed by atoms with Crippen LogP contribution < -0.4 is 9.64 Å². The van der Waals surface area contributed by atoms with E-state index in [1.807, 2.05) is 78.7 Å². The largest absolute Gasteiger partial charge is 0.438 e. The Bertz CT molecular complexity index is 938. The lowest BCUT2D eigenvalue weighted by molar-refractivity contribution is 0.104. The number of hydrogen-bond acceptors (Lipinski definition) is 3. The summed E-state index contributed by atoms with van der Waals surface area (Å²) in [5.74, 6) is 1.26. The quantitative estimate of drug-likeness (QED) is 0.519. The van der Waals surface area contributed by atoms with E-state index in [4.69, 9.17) is 4.74 Å². The Kier molecular flexibility index (Phi) is 3.12. The minimum absolute atomic E-state index is 0.0588. The summed E-state index contributed by atoms with van der Waals surface area (Å²) in [6.45, 7) is 0. The van der Waals surface area contributed by atoms with Gasteiger partial charge in [-0.15, -0.1) is 0 Å². The molecule has 0 unspecified atom stereocenters. The van der Waals surface area contributed by atoms with Crippen molar-refractivity contribution in [3.05, 3.63) is 84.3 Å². The predicted molar refractivity (Wildman–Crippen MR) is 91.8 cm³/mol. The van der Waals surface area contributed by atoms with Gasteiger partial charge in [0.05, 0.1) is 5.69 Å². The Morgan fingerprint density at radius 3 is 2.57 bits per heavy atom. The molecule has 23 heavy (non-hydrogen) atoms. The standard InChI is InChI=1S/C20H15NO2/c1-21-17-11-4-5-12-19(17)23-20(21)13-18(22)16-10-6-8-14-7-2-3-9-15(14)16/h2-13H,1H3. The average molecular weight is 301 g/mol. The summed E-state index contributed by atoms with van der Waals surface area (Å²) in [5.41, 5.74) is 1.65. The highest BCUT2D eigenvalue weighted by Crippen LogP contribution is 2.37. The van der Waals surface area contributed by atoms with Crippen LogP contribution in [-0.4, -0.2) is 12.8 Å². The molecule has 0 radical (unpaired) electrons. The molecular weight excluding hydrogens is 286 g/mol. The molecule has 0 amide bonds. The number of hydrogen-bond donors (Lipinski definition) is 0. The first-order valence-corrected chi connectivity index (χ1v) is 7.48. The second-order valence-corrected chi connectivity index (χ2v) is 5.50. The van der Waals surface area contributed by atoms with Gasteiger partial charge in [0.15, 0.2) is 11.5 Å². The molecule has 3 heteroatoms. The summed E-state index contributed by atoms with van der Waals surface area (Å²) in [5, 5.41) is 2.01. The fourth-order valence-corrected chi connectivity index (χ4v) is 2.88. The molecule has 112 valence electrons. The van der Waals surface area contributed by atoms with E-state index in [9.17, 15) is 4.79 Å². The topological polar surface area (TPSA) is 29.5 Å². The summed E-state index contributed by atoms with van der Waals surface area (Å²) in [4.78, 5) is 14.6. The number of ether oxygens (including phenoxy) is 1. The molecule has 1 aliphatic rings. The molecule has 0 N–H and O–H groups in total. The van der Waals surface area contributed by atoms with Crippen molar-refractivity contribution in [1.82, 2.24) is 0 Å². The Morgan fingerprint density at radius 2 is 1.70 bits per heavy atom. The van der Waals surface area contributed by atoms with Crippen LogP contribution >= 0.6 is 0 Å². The van der Waals surface area contributed by atoms with Gasteiger partial charge in [-0.1, -0.05) is 54.6 Å². The van der Waals surface area contributed by atoms with Crippen molar-refractivity contribution in [3.63, 3.8) is 0 Å². The van der Waals surface area contributed by atoms with E-state index in [-0.39, 0.29) is 5.78 Å². The molecule has 1 aliphatic heterocycles. The second kappa shape index (κ2) is 5.29. The van der Waals surface area contributed by atoms with Crippen LogP contribution in [-0.2, 0) is 0 Å². The van der Waals surface area contributed by atoms with Crippen LogP contribution in [0.4, 0.5) is 5.69 Å². The third kappa shape index (κ3) is 2.27. The molecule has 0 saturated heterocycles. The van der Waals surface area contributed by atoms with Gasteiger partial charge in [-0.3, -0.25) is 4.79 Å². The van der Waals surface area contributed by atoms with Gasteiger partial charge in [0.2, 0.25) is 5.88 Å². The van der Waals surface area contributed by atoms with Gasteiger partial charge in [-0.2, -0.15) is 0 Å². The first-order chi connectivity index (χ1) is 11.2. The molecule has 0 fully saturated rings. The summed E-state index contributed by atoms with van der Waals surface area (Å²) in [6, 6.07) is 21.4. The molecule has 3 nitrogen and oxygen atoms in total. The highest BCUT2D eigenvalue weighted by Gasteiger charge is 2.23. The van der Waals surface area contributed by atoms with Gasteiger partial charge in [0.1, 0.15) is 0 Å². The zero-order valence-electron chi connectivity index (χ0n) is 12.7. The Labute approximate surface area is 134 Å². The van der Waals surface area contributed by atoms with Crippen LogP contribution in [0.1, 0.15) is 10.4 Å². The van der Waals surface area contributed by atoms with E-state index in [0.29, 0.717) is 11.4 Å². The molecule has 0 aliphatic carbocycles. The lowest BCUT2D eigenvalue weighted by Crippen LogP contribution is -2.15. The zero-order chi connectivity index (χ0) is 15.8. The van der Waals surface area contributed by atoms with Gasteiger partial charge in [-0.05, 0) is 22.9 Å². The van der Waals surface area contributed by atoms with Crippen molar-refractivity contribution in [2.45, 2.75) is 0 Å². The maximum absolute atomic E-state index is 12.7. The average Bonchev–Trinajstić information content (AvgIpc) is 2.90. The van der Waals surface area contributed by atoms with Crippen LogP contribution in [0.5, 0.6) is 5.75 Å². The predicted octanol–water partition coefficient (Wildman–Crippen LogP) is 4.39. The molecule has 0 bridgehead atoms. The molecule has 0 spiro atoms. The van der Waals surface area contributed by atoms with Crippen molar-refractivity contribution < 1.29 is 9.53 Å². The Balaban J connectivity index is 1.73. The Morgan fingerprint density at radius 1 is 0.957 bits per heavy atom. The third-order valence-corrected chi connectivity index (χ3v) is 4.08. The monoisotopic (exact) mass is 301 g/mol. The number of carbonyl (C=O) groups is 1. The van der Waals surface area contributed by atoms with Crippen LogP contribution in [0, 0.1) is 0 Å². The van der Waals surface area contributed by atoms with Gasteiger partial charge in [0.25, 0.3) is 0 Å². The number of fused-ring (bicyclic) bond motifs is 2. The summed E-state index contributed by atoms with van der Waals surface area (Å²) < 4.78 is 5.79. The molecule has 0 aromatic heterocycles. The number of rotatable bonds is 2. The summed E-state index contributed by atoms with van der Waals surface area (Å²) in [6.07, 6.45) is 1.56. The van der Waals surface area contributed by atoms with Crippen molar-refractivity contribution in [3.8, 4) is 5.75 Å². The Hall–Kier alpha value is -3.07. The van der Waals surface area contributed by atoms with Crippen molar-refractivity contribution in [1.29, 1.82) is 0 Å². The van der Waals surface area contributed by atoms with Crippen molar-refractivity contribution in [2.75, 3.05) is 11.9 Å². The van der Waals surface area contributed by atoms with Crippen molar-refractivity contribution >= 4 is 22.2 Å². The van der Waals surface area contributed by atoms with E-state index in [1.54, 1.807) is 6.08 Å². The maximum Gasteiger partial charge on any atom is 0.204 e. The number of nitrogens with zero attached hydrogens (tertiary/aromatic N) is 1. The number of benzene rings is 3. The smallest absolute Gasteiger partial charge is 0.204 e.